The second kappa shape index (κ2) is 7.56. The fraction of sp³-hybridized carbons (Fsp3) is 0.348. The molecular weight excluding hydrogens is 338 g/mol. The van der Waals surface area contributed by atoms with Crippen LogP contribution in [-0.4, -0.2) is 41.7 Å². The van der Waals surface area contributed by atoms with Gasteiger partial charge in [-0.15, -0.1) is 0 Å². The Bertz CT molecular complexity index is 847. The molecule has 4 heteroatoms. The molecule has 5 rings (SSSR count). The van der Waals surface area contributed by atoms with Crippen LogP contribution in [0.3, 0.4) is 0 Å². The zero-order valence-corrected chi connectivity index (χ0v) is 15.2. The van der Waals surface area contributed by atoms with E-state index in [1.54, 1.807) is 24.3 Å². The number of piperidine rings is 3. The highest BCUT2D eigenvalue weighted by Gasteiger charge is 2.43. The first-order valence-corrected chi connectivity index (χ1v) is 9.45. The van der Waals surface area contributed by atoms with E-state index in [0.29, 0.717) is 11.5 Å². The summed E-state index contributed by atoms with van der Waals surface area (Å²) >= 11 is 0. The Kier molecular flexibility index (Phi) is 4.98. The molecule has 0 radical (unpaired) electrons. The Morgan fingerprint density at radius 1 is 1.04 bits per heavy atom. The van der Waals surface area contributed by atoms with E-state index in [-0.39, 0.29) is 6.10 Å². The average molecular weight is 361 g/mol. The van der Waals surface area contributed by atoms with Crippen molar-refractivity contribution in [3.05, 3.63) is 71.8 Å². The third-order valence-corrected chi connectivity index (χ3v) is 5.50. The molecule has 3 aliphatic rings. The quantitative estimate of drug-likeness (QED) is 0.674. The number of carbonyl (C=O) groups is 1. The van der Waals surface area contributed by atoms with Crippen molar-refractivity contribution in [3.8, 4) is 11.8 Å². The van der Waals surface area contributed by atoms with Crippen molar-refractivity contribution < 1.29 is 14.6 Å². The van der Waals surface area contributed by atoms with Crippen molar-refractivity contribution >= 4 is 5.97 Å². The number of hydrogen-bond donors (Lipinski definition) is 1. The van der Waals surface area contributed by atoms with Gasteiger partial charge in [0.1, 0.15) is 6.10 Å². The Morgan fingerprint density at radius 3 is 2.26 bits per heavy atom. The molecule has 0 aromatic heterocycles. The minimum Gasteiger partial charge on any atom is -0.458 e. The molecule has 138 valence electrons. The van der Waals surface area contributed by atoms with Crippen LogP contribution in [0.15, 0.2) is 60.7 Å². The van der Waals surface area contributed by atoms with Crippen LogP contribution >= 0.6 is 0 Å². The molecule has 4 nitrogen and oxygen atoms in total. The fourth-order valence-electron chi connectivity index (χ4n) is 3.87. The SMILES string of the molecule is O=C(O[C@@H]1CN2CCC1CC2)[C@](O)(C#Cc1ccccc1)c1ccccc1. The van der Waals surface area contributed by atoms with Crippen LogP contribution in [0.1, 0.15) is 24.0 Å². The third kappa shape index (κ3) is 3.75. The van der Waals surface area contributed by atoms with Crippen LogP contribution in [0.2, 0.25) is 0 Å². The number of benzene rings is 2. The lowest BCUT2D eigenvalue weighted by Gasteiger charge is -2.44. The van der Waals surface area contributed by atoms with Crippen LogP contribution in [0.4, 0.5) is 0 Å². The van der Waals surface area contributed by atoms with E-state index >= 15 is 0 Å². The molecule has 0 saturated carbocycles. The first-order valence-electron chi connectivity index (χ1n) is 9.45. The summed E-state index contributed by atoms with van der Waals surface area (Å²) in [4.78, 5) is 15.4. The zero-order chi connectivity index (χ0) is 18.7. The molecule has 2 atom stereocenters. The van der Waals surface area contributed by atoms with Gasteiger partial charge in [-0.2, -0.15) is 0 Å². The molecule has 2 aromatic rings. The normalized spacial score (nSPS) is 25.7. The maximum atomic E-state index is 13.0. The summed E-state index contributed by atoms with van der Waals surface area (Å²) in [7, 11) is 0. The van der Waals surface area contributed by atoms with Crippen molar-refractivity contribution in [3.63, 3.8) is 0 Å². The summed E-state index contributed by atoms with van der Waals surface area (Å²) in [5.41, 5.74) is -0.814. The molecule has 3 saturated heterocycles. The van der Waals surface area contributed by atoms with Gasteiger partial charge in [0.25, 0.3) is 5.60 Å². The van der Waals surface area contributed by atoms with Gasteiger partial charge >= 0.3 is 5.97 Å². The van der Waals surface area contributed by atoms with E-state index < -0.39 is 11.6 Å². The van der Waals surface area contributed by atoms with Crippen LogP contribution in [0, 0.1) is 17.8 Å². The van der Waals surface area contributed by atoms with Gasteiger partial charge in [0, 0.05) is 17.7 Å². The van der Waals surface area contributed by atoms with Gasteiger partial charge in [0.2, 0.25) is 0 Å². The Hall–Kier alpha value is -2.61. The Balaban J connectivity index is 1.62. The van der Waals surface area contributed by atoms with Crippen LogP contribution in [0.5, 0.6) is 0 Å². The third-order valence-electron chi connectivity index (χ3n) is 5.50. The number of aliphatic hydroxyl groups is 1. The van der Waals surface area contributed by atoms with Gasteiger partial charge in [-0.3, -0.25) is 4.90 Å². The number of rotatable bonds is 3. The van der Waals surface area contributed by atoms with Crippen LogP contribution < -0.4 is 0 Å². The van der Waals surface area contributed by atoms with E-state index in [1.165, 1.54) is 0 Å². The number of carbonyl (C=O) groups excluding carboxylic acids is 1. The largest absolute Gasteiger partial charge is 0.458 e. The minimum atomic E-state index is -1.98. The van der Waals surface area contributed by atoms with Crippen LogP contribution in [-0.2, 0) is 15.1 Å². The summed E-state index contributed by atoms with van der Waals surface area (Å²) in [6.07, 6.45) is 1.91. The predicted molar refractivity (Wildman–Crippen MR) is 103 cm³/mol. The molecule has 0 aliphatic carbocycles. The van der Waals surface area contributed by atoms with E-state index in [0.717, 1.165) is 38.0 Å². The molecule has 1 N–H and O–H groups in total. The molecule has 0 amide bonds. The number of fused-ring (bicyclic) bond motifs is 3. The fourth-order valence-corrected chi connectivity index (χ4v) is 3.87. The van der Waals surface area contributed by atoms with Gasteiger partial charge in [-0.25, -0.2) is 4.79 Å². The van der Waals surface area contributed by atoms with Crippen molar-refractivity contribution in [1.82, 2.24) is 4.90 Å². The molecule has 0 spiro atoms. The zero-order valence-electron chi connectivity index (χ0n) is 15.2. The molecule has 27 heavy (non-hydrogen) atoms. The summed E-state index contributed by atoms with van der Waals surface area (Å²) in [6.45, 7) is 2.87. The summed E-state index contributed by atoms with van der Waals surface area (Å²) in [6, 6.07) is 18.2. The van der Waals surface area contributed by atoms with E-state index in [4.69, 9.17) is 4.74 Å². The van der Waals surface area contributed by atoms with Crippen molar-refractivity contribution in [2.45, 2.75) is 24.5 Å². The lowest BCUT2D eigenvalue weighted by atomic mass is 9.85. The van der Waals surface area contributed by atoms with Gasteiger partial charge in [-0.1, -0.05) is 54.5 Å². The molecule has 3 heterocycles. The molecule has 3 aliphatic heterocycles. The van der Waals surface area contributed by atoms with Gasteiger partial charge in [0.05, 0.1) is 0 Å². The first-order chi connectivity index (χ1) is 13.1. The monoisotopic (exact) mass is 361 g/mol. The van der Waals surface area contributed by atoms with Gasteiger partial charge in [-0.05, 0) is 49.9 Å². The predicted octanol–water partition coefficient (Wildman–Crippen LogP) is 2.56. The van der Waals surface area contributed by atoms with Crippen molar-refractivity contribution in [1.29, 1.82) is 0 Å². The number of ether oxygens (including phenoxy) is 1. The summed E-state index contributed by atoms with van der Waals surface area (Å²) in [5, 5.41) is 11.3. The van der Waals surface area contributed by atoms with E-state index in [2.05, 4.69) is 16.7 Å². The van der Waals surface area contributed by atoms with Crippen molar-refractivity contribution in [2.75, 3.05) is 19.6 Å². The lowest BCUT2D eigenvalue weighted by Crippen LogP contribution is -2.53. The average Bonchev–Trinajstić information content (AvgIpc) is 2.74. The molecule has 0 unspecified atom stereocenters. The number of nitrogens with zero attached hydrogens (tertiary/aromatic N) is 1. The molecule has 2 bridgehead atoms. The highest BCUT2D eigenvalue weighted by Crippen LogP contribution is 2.32. The standard InChI is InChI=1S/C23H23NO3/c25-22(27-21-17-24-15-12-19(21)13-16-24)23(26,20-9-5-2-6-10-20)14-11-18-7-3-1-4-8-18/h1-10,19,21,26H,12-13,15-17H2/t21-,23+/m1/s1. The molecular formula is C23H23NO3. The maximum absolute atomic E-state index is 13.0. The van der Waals surface area contributed by atoms with E-state index in [9.17, 15) is 9.90 Å². The van der Waals surface area contributed by atoms with Crippen LogP contribution in [0.25, 0.3) is 0 Å². The van der Waals surface area contributed by atoms with Gasteiger partial charge < -0.3 is 9.84 Å². The Morgan fingerprint density at radius 2 is 1.67 bits per heavy atom. The second-order valence-corrected chi connectivity index (χ2v) is 7.27. The van der Waals surface area contributed by atoms with Crippen molar-refractivity contribution in [2.24, 2.45) is 5.92 Å². The number of esters is 1. The maximum Gasteiger partial charge on any atom is 0.356 e. The van der Waals surface area contributed by atoms with E-state index in [1.807, 2.05) is 36.4 Å². The smallest absolute Gasteiger partial charge is 0.356 e. The second-order valence-electron chi connectivity index (χ2n) is 7.27. The first kappa shape index (κ1) is 17.8. The molecule has 2 aromatic carbocycles. The Labute approximate surface area is 159 Å². The summed E-state index contributed by atoms with van der Waals surface area (Å²) < 4.78 is 5.80. The van der Waals surface area contributed by atoms with Gasteiger partial charge in [0.15, 0.2) is 0 Å². The summed E-state index contributed by atoms with van der Waals surface area (Å²) in [5.74, 6) is 5.40. The highest BCUT2D eigenvalue weighted by molar-refractivity contribution is 5.85. The minimum absolute atomic E-state index is 0.172. The highest BCUT2D eigenvalue weighted by atomic mass is 16.6. The lowest BCUT2D eigenvalue weighted by molar-refractivity contribution is -0.175. The molecule has 3 fully saturated rings. The topological polar surface area (TPSA) is 49.8 Å². The number of hydrogen-bond acceptors (Lipinski definition) is 4.